The first-order valence-corrected chi connectivity index (χ1v) is 7.57. The molecule has 0 fully saturated rings. The number of aromatic nitrogens is 4. The number of aryl methyl sites for hydroxylation is 2. The van der Waals surface area contributed by atoms with Crippen molar-refractivity contribution in [3.8, 4) is 0 Å². The summed E-state index contributed by atoms with van der Waals surface area (Å²) in [5.41, 5.74) is 2.27. The highest BCUT2D eigenvalue weighted by Gasteiger charge is 2.11. The van der Waals surface area contributed by atoms with E-state index in [0.29, 0.717) is 10.7 Å². The minimum atomic E-state index is -0.191. The topological polar surface area (TPSA) is 83.6 Å². The zero-order chi connectivity index (χ0) is 14.8. The minimum absolute atomic E-state index is 0.191. The molecule has 1 aromatic carbocycles. The van der Waals surface area contributed by atoms with Gasteiger partial charge in [0.25, 0.3) is 5.91 Å². The highest BCUT2D eigenvalue weighted by Crippen LogP contribution is 2.19. The quantitative estimate of drug-likeness (QED) is 0.776. The number of amides is 1. The summed E-state index contributed by atoms with van der Waals surface area (Å²) in [7, 11) is 0. The van der Waals surface area contributed by atoms with Crippen molar-refractivity contribution < 1.29 is 4.79 Å². The zero-order valence-electron chi connectivity index (χ0n) is 11.8. The number of hydrogen-bond acceptors (Lipinski definition) is 5. The van der Waals surface area contributed by atoms with Gasteiger partial charge in [-0.2, -0.15) is 0 Å². The van der Waals surface area contributed by atoms with E-state index in [2.05, 4.69) is 32.4 Å². The lowest BCUT2D eigenvalue weighted by Crippen LogP contribution is -2.11. The molecule has 2 heterocycles. The first-order chi connectivity index (χ1) is 10.2. The van der Waals surface area contributed by atoms with E-state index < -0.39 is 0 Å². The summed E-state index contributed by atoms with van der Waals surface area (Å²) in [4.78, 5) is 19.7. The van der Waals surface area contributed by atoms with Crippen LogP contribution in [0.5, 0.6) is 0 Å². The number of aromatic amines is 1. The molecule has 2 aromatic heterocycles. The number of rotatable bonds is 4. The fraction of sp³-hybridized carbons (Fsp3) is 0.286. The van der Waals surface area contributed by atoms with Gasteiger partial charge < -0.3 is 4.98 Å². The number of carbonyl (C=O) groups excluding carboxylic acids is 1. The van der Waals surface area contributed by atoms with Crippen LogP contribution in [0.4, 0.5) is 5.13 Å². The third-order valence-electron chi connectivity index (χ3n) is 3.01. The Labute approximate surface area is 125 Å². The van der Waals surface area contributed by atoms with Gasteiger partial charge in [-0.25, -0.2) is 4.98 Å². The summed E-state index contributed by atoms with van der Waals surface area (Å²) in [6.45, 7) is 3.97. The number of benzene rings is 1. The van der Waals surface area contributed by atoms with Crippen molar-refractivity contribution in [2.75, 3.05) is 5.32 Å². The van der Waals surface area contributed by atoms with Crippen molar-refractivity contribution in [1.82, 2.24) is 20.2 Å². The number of H-pyrrole nitrogens is 1. The lowest BCUT2D eigenvalue weighted by molar-refractivity contribution is 0.102. The molecule has 7 heteroatoms. The number of fused-ring (bicyclic) bond motifs is 1. The van der Waals surface area contributed by atoms with Crippen LogP contribution in [0.3, 0.4) is 0 Å². The Morgan fingerprint density at radius 2 is 2.24 bits per heavy atom. The van der Waals surface area contributed by atoms with Gasteiger partial charge in [0, 0.05) is 12.0 Å². The Balaban J connectivity index is 1.79. The van der Waals surface area contributed by atoms with E-state index in [0.717, 1.165) is 34.7 Å². The average molecular weight is 301 g/mol. The van der Waals surface area contributed by atoms with Crippen molar-refractivity contribution in [2.45, 2.75) is 26.7 Å². The van der Waals surface area contributed by atoms with Gasteiger partial charge in [0.05, 0.1) is 11.0 Å². The Morgan fingerprint density at radius 3 is 3.05 bits per heavy atom. The van der Waals surface area contributed by atoms with Crippen LogP contribution in [-0.4, -0.2) is 26.1 Å². The van der Waals surface area contributed by atoms with Gasteiger partial charge in [-0.05, 0) is 31.5 Å². The third kappa shape index (κ3) is 2.92. The van der Waals surface area contributed by atoms with E-state index in [1.807, 2.05) is 13.0 Å². The van der Waals surface area contributed by atoms with Crippen LogP contribution in [0.1, 0.15) is 34.5 Å². The van der Waals surface area contributed by atoms with Crippen molar-refractivity contribution in [3.05, 3.63) is 34.6 Å². The maximum absolute atomic E-state index is 12.2. The molecule has 0 unspecified atom stereocenters. The Bertz CT molecular complexity index is 792. The van der Waals surface area contributed by atoms with Crippen LogP contribution in [0.2, 0.25) is 0 Å². The number of nitrogens with zero attached hydrogens (tertiary/aromatic N) is 3. The number of carbonyl (C=O) groups is 1. The fourth-order valence-electron chi connectivity index (χ4n) is 2.07. The van der Waals surface area contributed by atoms with Gasteiger partial charge in [-0.1, -0.05) is 18.3 Å². The maximum atomic E-state index is 12.2. The predicted molar refractivity (Wildman–Crippen MR) is 82.7 cm³/mol. The second-order valence-electron chi connectivity index (χ2n) is 4.76. The zero-order valence-corrected chi connectivity index (χ0v) is 12.6. The molecular formula is C14H15N5OS. The molecule has 0 aliphatic heterocycles. The van der Waals surface area contributed by atoms with Crippen molar-refractivity contribution in [3.63, 3.8) is 0 Å². The molecule has 2 N–H and O–H groups in total. The van der Waals surface area contributed by atoms with Crippen LogP contribution in [0.15, 0.2) is 18.2 Å². The smallest absolute Gasteiger partial charge is 0.257 e. The standard InChI is InChI=1S/C14H15N5OS/c1-3-4-12-18-19-14(21-12)17-13(20)9-5-6-10-11(7-9)16-8(2)15-10/h5-7H,3-4H2,1-2H3,(H,15,16)(H,17,19,20). The molecule has 6 nitrogen and oxygen atoms in total. The molecule has 0 bridgehead atoms. The summed E-state index contributed by atoms with van der Waals surface area (Å²) in [6.07, 6.45) is 1.89. The third-order valence-corrected chi connectivity index (χ3v) is 3.91. The largest absolute Gasteiger partial charge is 0.342 e. The summed E-state index contributed by atoms with van der Waals surface area (Å²) >= 11 is 1.41. The van der Waals surface area contributed by atoms with E-state index in [-0.39, 0.29) is 5.91 Å². The van der Waals surface area contributed by atoms with E-state index in [4.69, 9.17) is 0 Å². The van der Waals surface area contributed by atoms with Gasteiger partial charge in [0.1, 0.15) is 10.8 Å². The van der Waals surface area contributed by atoms with E-state index in [1.54, 1.807) is 12.1 Å². The summed E-state index contributed by atoms with van der Waals surface area (Å²) in [5.74, 6) is 0.638. The molecule has 21 heavy (non-hydrogen) atoms. The summed E-state index contributed by atoms with van der Waals surface area (Å²) < 4.78 is 0. The van der Waals surface area contributed by atoms with Gasteiger partial charge in [-0.3, -0.25) is 10.1 Å². The van der Waals surface area contributed by atoms with Crippen LogP contribution in [-0.2, 0) is 6.42 Å². The number of imidazole rings is 1. The van der Waals surface area contributed by atoms with Crippen LogP contribution < -0.4 is 5.32 Å². The number of hydrogen-bond donors (Lipinski definition) is 2. The molecule has 0 aliphatic rings. The SMILES string of the molecule is CCCc1nnc(NC(=O)c2ccc3nc(C)[nH]c3c2)s1. The second-order valence-corrected chi connectivity index (χ2v) is 5.82. The number of anilines is 1. The second kappa shape index (κ2) is 5.61. The average Bonchev–Trinajstić information content (AvgIpc) is 3.03. The van der Waals surface area contributed by atoms with Gasteiger partial charge in [-0.15, -0.1) is 10.2 Å². The van der Waals surface area contributed by atoms with Crippen LogP contribution in [0.25, 0.3) is 11.0 Å². The molecule has 1 amide bonds. The van der Waals surface area contributed by atoms with Crippen LogP contribution in [0, 0.1) is 6.92 Å². The molecule has 0 aliphatic carbocycles. The van der Waals surface area contributed by atoms with E-state index >= 15 is 0 Å². The molecule has 0 spiro atoms. The monoisotopic (exact) mass is 301 g/mol. The van der Waals surface area contributed by atoms with E-state index in [9.17, 15) is 4.79 Å². The molecule has 3 aromatic rings. The first-order valence-electron chi connectivity index (χ1n) is 6.76. The first kappa shape index (κ1) is 13.7. The fourth-order valence-corrected chi connectivity index (χ4v) is 2.90. The maximum Gasteiger partial charge on any atom is 0.257 e. The molecule has 3 rings (SSSR count). The normalized spacial score (nSPS) is 11.0. The minimum Gasteiger partial charge on any atom is -0.342 e. The molecule has 0 radical (unpaired) electrons. The Kier molecular flexibility index (Phi) is 3.66. The summed E-state index contributed by atoms with van der Waals surface area (Å²) in [5, 5.41) is 12.3. The van der Waals surface area contributed by atoms with Crippen LogP contribution >= 0.6 is 11.3 Å². The molecule has 0 saturated carbocycles. The molecule has 108 valence electrons. The molecule has 0 saturated heterocycles. The van der Waals surface area contributed by atoms with Crippen molar-refractivity contribution >= 4 is 33.4 Å². The summed E-state index contributed by atoms with van der Waals surface area (Å²) in [6, 6.07) is 5.38. The van der Waals surface area contributed by atoms with Gasteiger partial charge in [0.15, 0.2) is 0 Å². The Hall–Kier alpha value is -2.28. The van der Waals surface area contributed by atoms with Gasteiger partial charge >= 0.3 is 0 Å². The number of nitrogens with one attached hydrogen (secondary N) is 2. The van der Waals surface area contributed by atoms with Gasteiger partial charge in [0.2, 0.25) is 5.13 Å². The lowest BCUT2D eigenvalue weighted by atomic mass is 10.2. The Morgan fingerprint density at radius 1 is 1.38 bits per heavy atom. The lowest BCUT2D eigenvalue weighted by Gasteiger charge is -2.00. The molecular weight excluding hydrogens is 286 g/mol. The van der Waals surface area contributed by atoms with E-state index in [1.165, 1.54) is 11.3 Å². The highest BCUT2D eigenvalue weighted by molar-refractivity contribution is 7.15. The molecule has 0 atom stereocenters. The van der Waals surface area contributed by atoms with Crippen molar-refractivity contribution in [1.29, 1.82) is 0 Å². The highest BCUT2D eigenvalue weighted by atomic mass is 32.1. The van der Waals surface area contributed by atoms with Crippen molar-refractivity contribution in [2.24, 2.45) is 0 Å². The predicted octanol–water partition coefficient (Wildman–Crippen LogP) is 2.93.